The van der Waals surface area contributed by atoms with Gasteiger partial charge in [0.15, 0.2) is 22.8 Å². The molecule has 0 bridgehead atoms. The number of hydrogen-bond acceptors (Lipinski definition) is 7. The number of benzene rings is 4. The summed E-state index contributed by atoms with van der Waals surface area (Å²) in [7, 11) is 1.63. The van der Waals surface area contributed by atoms with Crippen molar-refractivity contribution in [3.05, 3.63) is 128 Å². The van der Waals surface area contributed by atoms with E-state index in [4.69, 9.17) is 19.6 Å². The molecule has 7 nitrogen and oxygen atoms in total. The van der Waals surface area contributed by atoms with Gasteiger partial charge in [0.25, 0.3) is 5.91 Å². The molecule has 1 atom stereocenters. The van der Waals surface area contributed by atoms with Crippen molar-refractivity contribution in [2.75, 3.05) is 7.11 Å². The minimum Gasteiger partial charge on any atom is -0.493 e. The smallest absolute Gasteiger partial charge is 0.276 e. The van der Waals surface area contributed by atoms with E-state index in [1.807, 2.05) is 84.9 Å². The van der Waals surface area contributed by atoms with Crippen LogP contribution >= 0.6 is 34.4 Å². The lowest BCUT2D eigenvalue weighted by Crippen LogP contribution is -2.50. The molecular formula is C31H25IN4O3S. The topological polar surface area (TPSA) is 75.5 Å². The lowest BCUT2D eigenvalue weighted by atomic mass is 10.1. The molecule has 40 heavy (non-hydrogen) atoms. The summed E-state index contributed by atoms with van der Waals surface area (Å²) < 4.78 is 12.8. The van der Waals surface area contributed by atoms with Gasteiger partial charge in [0, 0.05) is 16.5 Å². The van der Waals surface area contributed by atoms with Crippen molar-refractivity contribution in [1.82, 2.24) is 10.3 Å². The number of rotatable bonds is 7. The molecule has 4 aromatic rings. The van der Waals surface area contributed by atoms with E-state index in [1.165, 1.54) is 11.8 Å². The number of fused-ring (bicyclic) bond motifs is 2. The van der Waals surface area contributed by atoms with E-state index in [2.05, 4.69) is 40.0 Å². The molecule has 0 saturated heterocycles. The quantitative estimate of drug-likeness (QED) is 0.284. The molecule has 2 heterocycles. The summed E-state index contributed by atoms with van der Waals surface area (Å²) in [5, 5.41) is 11.6. The summed E-state index contributed by atoms with van der Waals surface area (Å²) in [6, 6.07) is 31.7. The maximum atomic E-state index is 13.5. The number of hydrogen-bond donors (Lipinski definition) is 1. The van der Waals surface area contributed by atoms with Crippen molar-refractivity contribution in [3.8, 4) is 11.5 Å². The van der Waals surface area contributed by atoms with E-state index >= 15 is 0 Å². The molecule has 0 radical (unpaired) electrons. The summed E-state index contributed by atoms with van der Waals surface area (Å²) in [5.74, 6) is 1.73. The Morgan fingerprint density at radius 1 is 0.950 bits per heavy atom. The van der Waals surface area contributed by atoms with E-state index < -0.39 is 6.17 Å². The first-order valence-electron chi connectivity index (χ1n) is 12.7. The lowest BCUT2D eigenvalue weighted by molar-refractivity contribution is -0.116. The maximum Gasteiger partial charge on any atom is 0.276 e. The Bertz CT molecular complexity index is 1710. The second-order valence-electron chi connectivity index (χ2n) is 9.16. The third-order valence-corrected chi connectivity index (χ3v) is 8.25. The number of thioether (sulfide) groups is 1. The van der Waals surface area contributed by atoms with E-state index in [9.17, 15) is 4.79 Å². The highest BCUT2D eigenvalue weighted by atomic mass is 127. The van der Waals surface area contributed by atoms with Crippen LogP contribution in [-0.4, -0.2) is 23.2 Å². The van der Waals surface area contributed by atoms with Crippen LogP contribution in [-0.2, 0) is 17.2 Å². The molecule has 2 aliphatic rings. The number of ether oxygens (including phenoxy) is 2. The largest absolute Gasteiger partial charge is 0.493 e. The molecule has 1 amide bonds. The van der Waals surface area contributed by atoms with Crippen LogP contribution in [0.3, 0.4) is 0 Å². The molecule has 2 aliphatic heterocycles. The highest BCUT2D eigenvalue weighted by molar-refractivity contribution is 14.1. The first-order chi connectivity index (χ1) is 19.6. The number of carbonyl (C=O) groups is 1. The third kappa shape index (κ3) is 5.44. The minimum absolute atomic E-state index is 0.206. The summed E-state index contributed by atoms with van der Waals surface area (Å²) in [5.41, 5.74) is 3.52. The van der Waals surface area contributed by atoms with E-state index in [0.717, 1.165) is 30.8 Å². The maximum absolute atomic E-state index is 13.5. The van der Waals surface area contributed by atoms with Crippen LogP contribution in [0.2, 0.25) is 0 Å². The molecule has 4 aromatic carbocycles. The van der Waals surface area contributed by atoms with Gasteiger partial charge in [0.2, 0.25) is 0 Å². The van der Waals surface area contributed by atoms with Crippen molar-refractivity contribution in [3.63, 3.8) is 0 Å². The van der Waals surface area contributed by atoms with Crippen LogP contribution in [0, 0.1) is 3.57 Å². The molecule has 1 N–H and O–H groups in total. The van der Waals surface area contributed by atoms with Crippen LogP contribution in [0.25, 0.3) is 5.70 Å². The van der Waals surface area contributed by atoms with Gasteiger partial charge in [-0.15, -0.1) is 5.10 Å². The zero-order chi connectivity index (χ0) is 27.5. The molecule has 0 spiro atoms. The molecule has 0 aliphatic carbocycles. The molecule has 0 aromatic heterocycles. The SMILES string of the molecule is COc1cc([C@H]2N=c3ccccc3=C3C(=O)NC(SCc4ccccc4)=NN32)cc(I)c1OCc1ccccc1. The Kier molecular flexibility index (Phi) is 7.74. The number of nitrogens with zero attached hydrogens (tertiary/aromatic N) is 3. The van der Waals surface area contributed by atoms with Gasteiger partial charge in [-0.1, -0.05) is 90.6 Å². The summed E-state index contributed by atoms with van der Waals surface area (Å²) >= 11 is 3.74. The number of carbonyl (C=O) groups excluding carboxylic acids is 1. The number of halogens is 1. The van der Waals surface area contributed by atoms with Gasteiger partial charge >= 0.3 is 0 Å². The second kappa shape index (κ2) is 11.7. The van der Waals surface area contributed by atoms with Gasteiger partial charge < -0.3 is 9.47 Å². The molecule has 200 valence electrons. The Labute approximate surface area is 249 Å². The zero-order valence-corrected chi connectivity index (χ0v) is 24.6. The molecule has 9 heteroatoms. The van der Waals surface area contributed by atoms with Gasteiger partial charge in [0.1, 0.15) is 12.3 Å². The van der Waals surface area contributed by atoms with Gasteiger partial charge in [0.05, 0.1) is 16.0 Å². The Morgan fingerprint density at radius 2 is 1.65 bits per heavy atom. The standard InChI is InChI=1S/C31H25IN4O3S/c1-38-26-17-22(16-24(32)28(26)39-18-20-10-4-2-5-11-20)29-33-25-15-9-8-14-23(25)27-30(37)34-31(35-36(27)29)40-19-21-12-6-3-7-13-21/h2-17,29H,18-19H2,1H3,(H,34,35,37)/t29-/m0/s1. The molecule has 6 rings (SSSR count). The molecule has 0 saturated carbocycles. The van der Waals surface area contributed by atoms with E-state index in [-0.39, 0.29) is 5.91 Å². The first kappa shape index (κ1) is 26.4. The van der Waals surface area contributed by atoms with Crippen LogP contribution in [0.4, 0.5) is 0 Å². The fourth-order valence-electron chi connectivity index (χ4n) is 4.59. The predicted octanol–water partition coefficient (Wildman–Crippen LogP) is 4.96. The normalized spacial score (nSPS) is 15.8. The van der Waals surface area contributed by atoms with Crippen molar-refractivity contribution in [2.24, 2.45) is 10.1 Å². The van der Waals surface area contributed by atoms with Crippen molar-refractivity contribution in [2.45, 2.75) is 18.5 Å². The van der Waals surface area contributed by atoms with Gasteiger partial charge in [-0.2, -0.15) is 0 Å². The van der Waals surface area contributed by atoms with Crippen molar-refractivity contribution in [1.29, 1.82) is 0 Å². The summed E-state index contributed by atoms with van der Waals surface area (Å²) in [6.45, 7) is 0.421. The van der Waals surface area contributed by atoms with E-state index in [0.29, 0.717) is 34.7 Å². The summed E-state index contributed by atoms with van der Waals surface area (Å²) in [4.78, 5) is 18.5. The monoisotopic (exact) mass is 660 g/mol. The van der Waals surface area contributed by atoms with Crippen LogP contribution in [0.5, 0.6) is 11.5 Å². The zero-order valence-electron chi connectivity index (χ0n) is 21.6. The number of nitrogens with one attached hydrogen (secondary N) is 1. The minimum atomic E-state index is -0.561. The Morgan fingerprint density at radius 3 is 2.40 bits per heavy atom. The number of hydrazone groups is 1. The number of methoxy groups -OCH3 is 1. The number of para-hydroxylation sites is 1. The Balaban J connectivity index is 1.37. The second-order valence-corrected chi connectivity index (χ2v) is 11.3. The van der Waals surface area contributed by atoms with Crippen LogP contribution in [0.15, 0.2) is 107 Å². The van der Waals surface area contributed by atoms with Crippen LogP contribution in [0.1, 0.15) is 22.9 Å². The first-order valence-corrected chi connectivity index (χ1v) is 14.7. The van der Waals surface area contributed by atoms with E-state index in [1.54, 1.807) is 12.1 Å². The van der Waals surface area contributed by atoms with Crippen molar-refractivity contribution < 1.29 is 14.3 Å². The Hall–Kier alpha value is -3.83. The van der Waals surface area contributed by atoms with Gasteiger partial charge in [-0.25, -0.2) is 5.01 Å². The van der Waals surface area contributed by atoms with Crippen molar-refractivity contribution >= 4 is 51.1 Å². The lowest BCUT2D eigenvalue weighted by Gasteiger charge is -2.34. The average molecular weight is 661 g/mol. The molecule has 0 unspecified atom stereocenters. The predicted molar refractivity (Wildman–Crippen MR) is 165 cm³/mol. The fraction of sp³-hybridized carbons (Fsp3) is 0.129. The molecular weight excluding hydrogens is 635 g/mol. The molecule has 0 fully saturated rings. The highest BCUT2D eigenvalue weighted by Crippen LogP contribution is 2.39. The fourth-order valence-corrected chi connectivity index (χ4v) is 6.18. The summed E-state index contributed by atoms with van der Waals surface area (Å²) in [6.07, 6.45) is -0.561. The average Bonchev–Trinajstić information content (AvgIpc) is 2.99. The third-order valence-electron chi connectivity index (χ3n) is 6.51. The highest BCUT2D eigenvalue weighted by Gasteiger charge is 2.35. The van der Waals surface area contributed by atoms with Gasteiger partial charge in [-0.3, -0.25) is 15.1 Å². The van der Waals surface area contributed by atoms with Crippen LogP contribution < -0.4 is 25.4 Å². The number of amides is 1. The van der Waals surface area contributed by atoms with Gasteiger partial charge in [-0.05, 0) is 51.9 Å². The number of amidine groups is 1.